The number of ether oxygens (including phenoxy) is 1. The number of benzene rings is 1. The molecule has 0 spiro atoms. The van der Waals surface area contributed by atoms with Crippen LogP contribution in [0.1, 0.15) is 44.1 Å². The van der Waals surface area contributed by atoms with Gasteiger partial charge in [-0.25, -0.2) is 0 Å². The van der Waals surface area contributed by atoms with Crippen molar-refractivity contribution in [3.8, 4) is 0 Å². The number of anilines is 1. The van der Waals surface area contributed by atoms with Gasteiger partial charge in [-0.15, -0.1) is 0 Å². The van der Waals surface area contributed by atoms with Crippen LogP contribution in [0, 0.1) is 0 Å². The largest absolute Gasteiger partial charge is 0.469 e. The summed E-state index contributed by atoms with van der Waals surface area (Å²) in [6.45, 7) is 0.677. The van der Waals surface area contributed by atoms with Crippen molar-refractivity contribution < 1.29 is 14.3 Å². The number of unbranched alkanes of at least 4 members (excludes halogenated alkanes) is 3. The fourth-order valence-corrected chi connectivity index (χ4v) is 2.52. The average Bonchev–Trinajstić information content (AvgIpc) is 3.05. The monoisotopic (exact) mass is 343 g/mol. The zero-order valence-electron chi connectivity index (χ0n) is 14.6. The van der Waals surface area contributed by atoms with Gasteiger partial charge in [-0.05, 0) is 18.4 Å². The first kappa shape index (κ1) is 18.7. The highest BCUT2D eigenvalue weighted by molar-refractivity contribution is 5.90. The molecule has 2 aromatic rings. The van der Waals surface area contributed by atoms with Crippen molar-refractivity contribution in [2.24, 2.45) is 0 Å². The summed E-state index contributed by atoms with van der Waals surface area (Å²) < 4.78 is 6.39. The van der Waals surface area contributed by atoms with E-state index in [0.717, 1.165) is 31.2 Å². The molecule has 1 amide bonds. The third kappa shape index (κ3) is 7.20. The van der Waals surface area contributed by atoms with Crippen LogP contribution in [0.3, 0.4) is 0 Å². The normalized spacial score (nSPS) is 10.4. The smallest absolute Gasteiger partial charge is 0.305 e. The van der Waals surface area contributed by atoms with Crippen molar-refractivity contribution in [2.45, 2.75) is 45.1 Å². The molecule has 6 heteroatoms. The van der Waals surface area contributed by atoms with Gasteiger partial charge in [-0.3, -0.25) is 14.3 Å². The maximum atomic E-state index is 11.9. The molecule has 0 aliphatic rings. The van der Waals surface area contributed by atoms with E-state index in [1.807, 2.05) is 36.5 Å². The summed E-state index contributed by atoms with van der Waals surface area (Å²) in [5.41, 5.74) is 1.88. The van der Waals surface area contributed by atoms with E-state index in [2.05, 4.69) is 15.2 Å². The topological polar surface area (TPSA) is 73.2 Å². The van der Waals surface area contributed by atoms with Crippen molar-refractivity contribution in [1.29, 1.82) is 0 Å². The lowest BCUT2D eigenvalue weighted by molar-refractivity contribution is -0.140. The Morgan fingerprint density at radius 1 is 1.08 bits per heavy atom. The second kappa shape index (κ2) is 10.3. The molecule has 134 valence electrons. The van der Waals surface area contributed by atoms with Crippen LogP contribution in [0.25, 0.3) is 0 Å². The zero-order chi connectivity index (χ0) is 17.9. The molecule has 0 fully saturated rings. The molecule has 0 bridgehead atoms. The maximum absolute atomic E-state index is 11.9. The second-order valence-corrected chi connectivity index (χ2v) is 5.95. The predicted octanol–water partition coefficient (Wildman–Crippen LogP) is 3.38. The molecule has 1 aromatic carbocycles. The molecule has 2 rings (SSSR count). The molecule has 0 atom stereocenters. The van der Waals surface area contributed by atoms with Gasteiger partial charge in [-0.1, -0.05) is 43.2 Å². The van der Waals surface area contributed by atoms with Crippen LogP contribution in [0.2, 0.25) is 0 Å². The Morgan fingerprint density at radius 2 is 1.80 bits per heavy atom. The predicted molar refractivity (Wildman–Crippen MR) is 96.1 cm³/mol. The van der Waals surface area contributed by atoms with Crippen LogP contribution >= 0.6 is 0 Å². The van der Waals surface area contributed by atoms with Gasteiger partial charge in [-0.2, -0.15) is 5.10 Å². The van der Waals surface area contributed by atoms with Gasteiger partial charge in [0.05, 0.1) is 25.5 Å². The number of carbonyl (C=O) groups is 2. The molecule has 1 heterocycles. The Bertz CT molecular complexity index is 668. The first-order valence-electron chi connectivity index (χ1n) is 8.60. The van der Waals surface area contributed by atoms with Gasteiger partial charge >= 0.3 is 5.97 Å². The highest BCUT2D eigenvalue weighted by Gasteiger charge is 2.05. The molecule has 1 aromatic heterocycles. The number of esters is 1. The van der Waals surface area contributed by atoms with Crippen molar-refractivity contribution in [3.05, 3.63) is 48.3 Å². The van der Waals surface area contributed by atoms with E-state index in [9.17, 15) is 9.59 Å². The molecule has 0 saturated carbocycles. The highest BCUT2D eigenvalue weighted by Crippen LogP contribution is 2.10. The molecule has 0 aliphatic carbocycles. The number of carbonyl (C=O) groups excluding carboxylic acids is 2. The van der Waals surface area contributed by atoms with E-state index in [1.165, 1.54) is 7.11 Å². The molecule has 6 nitrogen and oxygen atoms in total. The number of nitrogens with one attached hydrogen (secondary N) is 1. The Balaban J connectivity index is 1.63. The minimum absolute atomic E-state index is 0.00720. The first-order chi connectivity index (χ1) is 12.2. The Morgan fingerprint density at radius 3 is 2.52 bits per heavy atom. The minimum atomic E-state index is -0.176. The van der Waals surface area contributed by atoms with Crippen LogP contribution in [-0.2, 0) is 20.9 Å². The van der Waals surface area contributed by atoms with E-state index in [-0.39, 0.29) is 11.9 Å². The van der Waals surface area contributed by atoms with E-state index in [0.29, 0.717) is 25.1 Å². The molecule has 1 N–H and O–H groups in total. The molecule has 25 heavy (non-hydrogen) atoms. The molecule has 0 unspecified atom stereocenters. The van der Waals surface area contributed by atoms with Gasteiger partial charge in [0.1, 0.15) is 0 Å². The number of nitrogens with zero attached hydrogens (tertiary/aromatic N) is 2. The van der Waals surface area contributed by atoms with Gasteiger partial charge in [0.25, 0.3) is 0 Å². The minimum Gasteiger partial charge on any atom is -0.469 e. The van der Waals surface area contributed by atoms with Crippen molar-refractivity contribution in [3.63, 3.8) is 0 Å². The maximum Gasteiger partial charge on any atom is 0.305 e. The summed E-state index contributed by atoms with van der Waals surface area (Å²) in [5, 5.41) is 7.14. The molecule has 0 aliphatic heterocycles. The fraction of sp³-hybridized carbons (Fsp3) is 0.421. The number of hydrogen-bond acceptors (Lipinski definition) is 4. The molecule has 0 radical (unpaired) electrons. The van der Waals surface area contributed by atoms with Gasteiger partial charge < -0.3 is 10.1 Å². The van der Waals surface area contributed by atoms with Crippen LogP contribution in [0.4, 0.5) is 5.69 Å². The second-order valence-electron chi connectivity index (χ2n) is 5.95. The van der Waals surface area contributed by atoms with Crippen LogP contribution in [0.15, 0.2) is 42.7 Å². The molecule has 0 saturated heterocycles. The van der Waals surface area contributed by atoms with Gasteiger partial charge in [0.15, 0.2) is 0 Å². The Kier molecular flexibility index (Phi) is 7.69. The standard InChI is InChI=1S/C19H25N3O3/c1-25-19(24)12-8-3-2-7-11-18(23)21-17-13-20-22(15-17)14-16-9-5-4-6-10-16/h4-6,9-10,13,15H,2-3,7-8,11-12,14H2,1H3,(H,21,23). The first-order valence-corrected chi connectivity index (χ1v) is 8.60. The number of aromatic nitrogens is 2. The van der Waals surface area contributed by atoms with Gasteiger partial charge in [0.2, 0.25) is 5.91 Å². The third-order valence-electron chi connectivity index (χ3n) is 3.87. The SMILES string of the molecule is COC(=O)CCCCCCC(=O)Nc1cnn(Cc2ccccc2)c1. The van der Waals surface area contributed by atoms with Crippen molar-refractivity contribution >= 4 is 17.6 Å². The summed E-state index contributed by atoms with van der Waals surface area (Å²) in [4.78, 5) is 22.9. The number of amides is 1. The number of hydrogen-bond donors (Lipinski definition) is 1. The van der Waals surface area contributed by atoms with Crippen LogP contribution in [-0.4, -0.2) is 28.8 Å². The van der Waals surface area contributed by atoms with Gasteiger partial charge in [0, 0.05) is 19.0 Å². The highest BCUT2D eigenvalue weighted by atomic mass is 16.5. The lowest BCUT2D eigenvalue weighted by atomic mass is 10.1. The summed E-state index contributed by atoms with van der Waals surface area (Å²) >= 11 is 0. The molecular formula is C19H25N3O3. The lowest BCUT2D eigenvalue weighted by Gasteiger charge is -2.03. The van der Waals surface area contributed by atoms with E-state index in [1.54, 1.807) is 10.9 Å². The fourth-order valence-electron chi connectivity index (χ4n) is 2.52. The Hall–Kier alpha value is -2.63. The lowest BCUT2D eigenvalue weighted by Crippen LogP contribution is -2.10. The quantitative estimate of drug-likeness (QED) is 0.530. The number of rotatable bonds is 10. The average molecular weight is 343 g/mol. The van der Waals surface area contributed by atoms with Crippen molar-refractivity contribution in [2.75, 3.05) is 12.4 Å². The van der Waals surface area contributed by atoms with Crippen LogP contribution in [0.5, 0.6) is 0 Å². The van der Waals surface area contributed by atoms with E-state index >= 15 is 0 Å². The van der Waals surface area contributed by atoms with Crippen LogP contribution < -0.4 is 5.32 Å². The Labute approximate surface area is 148 Å². The number of methoxy groups -OCH3 is 1. The molecular weight excluding hydrogens is 318 g/mol. The van der Waals surface area contributed by atoms with E-state index < -0.39 is 0 Å². The summed E-state index contributed by atoms with van der Waals surface area (Å²) in [7, 11) is 1.40. The van der Waals surface area contributed by atoms with E-state index in [4.69, 9.17) is 0 Å². The third-order valence-corrected chi connectivity index (χ3v) is 3.87. The summed E-state index contributed by atoms with van der Waals surface area (Å²) in [6, 6.07) is 10.0. The zero-order valence-corrected chi connectivity index (χ0v) is 14.6. The summed E-state index contributed by atoms with van der Waals surface area (Å²) in [5.74, 6) is -0.183. The van der Waals surface area contributed by atoms with Crippen molar-refractivity contribution in [1.82, 2.24) is 9.78 Å². The summed E-state index contributed by atoms with van der Waals surface area (Å²) in [6.07, 6.45) is 7.89.